The Hall–Kier alpha value is -2.36. The molecule has 3 heteroatoms. The van der Waals surface area contributed by atoms with Crippen molar-refractivity contribution in [2.24, 2.45) is 0 Å². The maximum absolute atomic E-state index is 10.4. The maximum Gasteiger partial charge on any atom is 0.132 e. The molecule has 3 rings (SSSR count). The summed E-state index contributed by atoms with van der Waals surface area (Å²) in [6, 6.07) is 10.6. The molecule has 3 unspecified atom stereocenters. The molecular formula is C28H36O3. The average Bonchev–Trinajstić information content (AvgIpc) is 2.75. The highest BCUT2D eigenvalue weighted by atomic mass is 16.5. The standard InChI is InChI=1S/C28H36O3/c1-6-8-11-21(7-2)14-19(3)15-22-17-26(27-18-23(29)16-20(4)31-27)28(30-5)25-13-10-9-12-24(22)25/h6,8-14,17,20,23,27,29H,7,15-16,18H2,1-5H3/b8-6-,19-14+,21-11+. The van der Waals surface area contributed by atoms with Gasteiger partial charge in [-0.3, -0.25) is 0 Å². The van der Waals surface area contributed by atoms with Crippen molar-refractivity contribution in [1.82, 2.24) is 0 Å². The number of aliphatic hydroxyl groups excluding tert-OH is 1. The molecule has 166 valence electrons. The van der Waals surface area contributed by atoms with E-state index in [0.29, 0.717) is 12.8 Å². The molecule has 1 saturated heterocycles. The van der Waals surface area contributed by atoms with Gasteiger partial charge in [0.05, 0.1) is 25.4 Å². The number of hydrogen-bond acceptors (Lipinski definition) is 3. The van der Waals surface area contributed by atoms with E-state index in [9.17, 15) is 5.11 Å². The quantitative estimate of drug-likeness (QED) is 0.498. The fourth-order valence-electron chi connectivity index (χ4n) is 4.53. The molecule has 0 spiro atoms. The van der Waals surface area contributed by atoms with E-state index in [4.69, 9.17) is 9.47 Å². The molecular weight excluding hydrogens is 384 g/mol. The molecule has 0 aromatic heterocycles. The summed E-state index contributed by atoms with van der Waals surface area (Å²) in [6.45, 7) is 8.45. The van der Waals surface area contributed by atoms with Gasteiger partial charge in [-0.05, 0) is 62.6 Å². The predicted molar refractivity (Wildman–Crippen MR) is 130 cm³/mol. The maximum atomic E-state index is 10.4. The summed E-state index contributed by atoms with van der Waals surface area (Å²) in [5, 5.41) is 12.7. The van der Waals surface area contributed by atoms with Crippen molar-refractivity contribution in [3.8, 4) is 5.75 Å². The number of hydrogen-bond donors (Lipinski definition) is 1. The van der Waals surface area contributed by atoms with E-state index in [1.54, 1.807) is 7.11 Å². The first kappa shape index (κ1) is 23.3. The van der Waals surface area contributed by atoms with E-state index in [1.807, 2.05) is 13.8 Å². The number of methoxy groups -OCH3 is 1. The Kier molecular flexibility index (Phi) is 8.11. The van der Waals surface area contributed by atoms with Gasteiger partial charge in [0, 0.05) is 17.4 Å². The normalized spacial score (nSPS) is 23.0. The first-order valence-corrected chi connectivity index (χ1v) is 11.4. The molecule has 0 saturated carbocycles. The minimum atomic E-state index is -0.348. The summed E-state index contributed by atoms with van der Waals surface area (Å²) in [6.07, 6.45) is 11.3. The van der Waals surface area contributed by atoms with Gasteiger partial charge in [0.15, 0.2) is 0 Å². The molecule has 3 nitrogen and oxygen atoms in total. The van der Waals surface area contributed by atoms with Crippen LogP contribution in [0.3, 0.4) is 0 Å². The van der Waals surface area contributed by atoms with Crippen LogP contribution < -0.4 is 4.74 Å². The lowest BCUT2D eigenvalue weighted by Gasteiger charge is -2.33. The molecule has 1 aliphatic rings. The van der Waals surface area contributed by atoms with Gasteiger partial charge < -0.3 is 14.6 Å². The first-order chi connectivity index (χ1) is 15.0. The van der Waals surface area contributed by atoms with Crippen molar-refractivity contribution in [2.45, 2.75) is 71.7 Å². The van der Waals surface area contributed by atoms with Crippen LogP contribution in [-0.2, 0) is 11.2 Å². The number of aliphatic hydroxyl groups is 1. The highest BCUT2D eigenvalue weighted by Crippen LogP contribution is 2.42. The number of allylic oxidation sites excluding steroid dienone is 6. The molecule has 1 heterocycles. The summed E-state index contributed by atoms with van der Waals surface area (Å²) in [7, 11) is 1.72. The van der Waals surface area contributed by atoms with Gasteiger partial charge >= 0.3 is 0 Å². The fraction of sp³-hybridized carbons (Fsp3) is 0.429. The summed E-state index contributed by atoms with van der Waals surface area (Å²) in [4.78, 5) is 0. The van der Waals surface area contributed by atoms with Crippen LogP contribution in [0.5, 0.6) is 5.75 Å². The zero-order chi connectivity index (χ0) is 22.4. The third-order valence-electron chi connectivity index (χ3n) is 5.96. The van der Waals surface area contributed by atoms with Crippen molar-refractivity contribution in [3.05, 3.63) is 76.9 Å². The van der Waals surface area contributed by atoms with E-state index in [2.05, 4.69) is 68.5 Å². The van der Waals surface area contributed by atoms with Crippen molar-refractivity contribution < 1.29 is 14.6 Å². The largest absolute Gasteiger partial charge is 0.496 e. The Labute approximate surface area is 187 Å². The lowest BCUT2D eigenvalue weighted by atomic mass is 9.89. The van der Waals surface area contributed by atoms with E-state index < -0.39 is 0 Å². The molecule has 2 aromatic rings. The van der Waals surface area contributed by atoms with E-state index >= 15 is 0 Å². The Bertz CT molecular complexity index is 973. The fourth-order valence-corrected chi connectivity index (χ4v) is 4.53. The number of ether oxygens (including phenoxy) is 2. The van der Waals surface area contributed by atoms with Gasteiger partial charge in [0.1, 0.15) is 5.75 Å². The molecule has 0 bridgehead atoms. The molecule has 0 amide bonds. The first-order valence-electron chi connectivity index (χ1n) is 11.4. The second-order valence-electron chi connectivity index (χ2n) is 8.55. The molecule has 1 aliphatic heterocycles. The van der Waals surface area contributed by atoms with Gasteiger partial charge in [-0.2, -0.15) is 0 Å². The second kappa shape index (κ2) is 10.8. The van der Waals surface area contributed by atoms with Crippen LogP contribution >= 0.6 is 0 Å². The Morgan fingerprint density at radius 1 is 1.23 bits per heavy atom. The lowest BCUT2D eigenvalue weighted by Crippen LogP contribution is -2.29. The lowest BCUT2D eigenvalue weighted by molar-refractivity contribution is -0.0900. The predicted octanol–water partition coefficient (Wildman–Crippen LogP) is 6.85. The van der Waals surface area contributed by atoms with E-state index in [-0.39, 0.29) is 18.3 Å². The van der Waals surface area contributed by atoms with Gasteiger partial charge in [0.25, 0.3) is 0 Å². The third kappa shape index (κ3) is 5.66. The number of benzene rings is 2. The smallest absolute Gasteiger partial charge is 0.132 e. The van der Waals surface area contributed by atoms with Crippen LogP contribution in [-0.4, -0.2) is 24.4 Å². The minimum absolute atomic E-state index is 0.0267. The SMILES string of the molecule is C\C=C/C=C(/C=C(\C)Cc1cc(C2CC(O)CC(C)O2)c(OC)c2ccccc12)CC. The van der Waals surface area contributed by atoms with Crippen molar-refractivity contribution in [3.63, 3.8) is 0 Å². The zero-order valence-electron chi connectivity index (χ0n) is 19.5. The van der Waals surface area contributed by atoms with Crippen LogP contribution in [0.2, 0.25) is 0 Å². The summed E-state index contributed by atoms with van der Waals surface area (Å²) in [5.41, 5.74) is 4.94. The summed E-state index contributed by atoms with van der Waals surface area (Å²) < 4.78 is 12.1. The van der Waals surface area contributed by atoms with Crippen LogP contribution in [0.15, 0.2) is 65.8 Å². The van der Waals surface area contributed by atoms with Gasteiger partial charge in [-0.25, -0.2) is 0 Å². The van der Waals surface area contributed by atoms with Gasteiger partial charge in [-0.15, -0.1) is 0 Å². The van der Waals surface area contributed by atoms with Crippen LogP contribution in [0.1, 0.15) is 64.2 Å². The molecule has 1 N–H and O–H groups in total. The third-order valence-corrected chi connectivity index (χ3v) is 5.96. The average molecular weight is 421 g/mol. The van der Waals surface area contributed by atoms with Crippen molar-refractivity contribution in [1.29, 1.82) is 0 Å². The Morgan fingerprint density at radius 2 is 1.97 bits per heavy atom. The van der Waals surface area contributed by atoms with Crippen LogP contribution in [0, 0.1) is 0 Å². The summed E-state index contributed by atoms with van der Waals surface area (Å²) in [5.74, 6) is 0.856. The number of fused-ring (bicyclic) bond motifs is 1. The van der Waals surface area contributed by atoms with Gasteiger partial charge in [-0.1, -0.05) is 61.1 Å². The Morgan fingerprint density at radius 3 is 2.61 bits per heavy atom. The Balaban J connectivity index is 2.07. The number of rotatable bonds is 7. The van der Waals surface area contributed by atoms with Crippen molar-refractivity contribution in [2.75, 3.05) is 7.11 Å². The van der Waals surface area contributed by atoms with Gasteiger partial charge in [0.2, 0.25) is 0 Å². The second-order valence-corrected chi connectivity index (χ2v) is 8.55. The molecule has 31 heavy (non-hydrogen) atoms. The molecule has 0 radical (unpaired) electrons. The summed E-state index contributed by atoms with van der Waals surface area (Å²) >= 11 is 0. The minimum Gasteiger partial charge on any atom is -0.496 e. The molecule has 1 fully saturated rings. The van der Waals surface area contributed by atoms with E-state index in [0.717, 1.165) is 29.5 Å². The molecule has 3 atom stereocenters. The highest BCUT2D eigenvalue weighted by Gasteiger charge is 2.30. The molecule has 0 aliphatic carbocycles. The zero-order valence-corrected chi connectivity index (χ0v) is 19.5. The topological polar surface area (TPSA) is 38.7 Å². The molecule has 2 aromatic carbocycles. The van der Waals surface area contributed by atoms with E-state index in [1.165, 1.54) is 22.1 Å². The monoisotopic (exact) mass is 420 g/mol. The van der Waals surface area contributed by atoms with Crippen molar-refractivity contribution >= 4 is 10.8 Å². The highest BCUT2D eigenvalue weighted by molar-refractivity contribution is 5.92. The van der Waals surface area contributed by atoms with Crippen LogP contribution in [0.25, 0.3) is 10.8 Å². The van der Waals surface area contributed by atoms with Crippen LogP contribution in [0.4, 0.5) is 0 Å².